The molecule has 2 N–H and O–H groups in total. The Morgan fingerprint density at radius 2 is 2.42 bits per heavy atom. The van der Waals surface area contributed by atoms with Crippen LogP contribution in [0.5, 0.6) is 0 Å². The number of nitrogens with one attached hydrogen (secondary N) is 1. The third-order valence-electron chi connectivity index (χ3n) is 2.09. The van der Waals surface area contributed by atoms with Gasteiger partial charge in [-0.1, -0.05) is 0 Å². The van der Waals surface area contributed by atoms with Crippen molar-refractivity contribution < 1.29 is 14.3 Å². The molecule has 0 bridgehead atoms. The van der Waals surface area contributed by atoms with Gasteiger partial charge >= 0.3 is 6.09 Å². The normalized spacial score (nSPS) is 28.8. The van der Waals surface area contributed by atoms with E-state index in [4.69, 9.17) is 5.11 Å². The lowest BCUT2D eigenvalue weighted by molar-refractivity contribution is 0.141. The van der Waals surface area contributed by atoms with E-state index in [1.165, 1.54) is 7.05 Å². The highest BCUT2D eigenvalue weighted by atomic mass is 19.1. The number of carboxylic acid groups (broad SMARTS) is 1. The Hall–Kier alpha value is -0.840. The Bertz CT molecular complexity index is 177. The van der Waals surface area contributed by atoms with Crippen molar-refractivity contribution in [2.45, 2.75) is 6.17 Å². The quantitative estimate of drug-likeness (QED) is 0.630. The lowest BCUT2D eigenvalue weighted by Gasteiger charge is -2.18. The first-order valence-corrected chi connectivity index (χ1v) is 3.90. The zero-order valence-corrected chi connectivity index (χ0v) is 6.96. The van der Waals surface area contributed by atoms with Crippen LogP contribution in [0.1, 0.15) is 0 Å². The van der Waals surface area contributed by atoms with Crippen molar-refractivity contribution in [2.24, 2.45) is 5.92 Å². The number of carbonyl (C=O) groups is 1. The Morgan fingerprint density at radius 1 is 1.75 bits per heavy atom. The summed E-state index contributed by atoms with van der Waals surface area (Å²) in [5.74, 6) is -0.189. The molecular weight excluding hydrogens is 163 g/mol. The van der Waals surface area contributed by atoms with Gasteiger partial charge in [0.1, 0.15) is 6.17 Å². The van der Waals surface area contributed by atoms with Crippen LogP contribution in [-0.4, -0.2) is 49.0 Å². The molecule has 70 valence electrons. The van der Waals surface area contributed by atoms with Gasteiger partial charge in [-0.2, -0.15) is 0 Å². The molecule has 0 spiro atoms. The lowest BCUT2D eigenvalue weighted by Crippen LogP contribution is -2.34. The summed E-state index contributed by atoms with van der Waals surface area (Å²) in [5, 5.41) is 11.4. The summed E-state index contributed by atoms with van der Waals surface area (Å²) in [6, 6.07) is 0. The molecule has 5 heteroatoms. The van der Waals surface area contributed by atoms with Crippen LogP contribution in [0.25, 0.3) is 0 Å². The van der Waals surface area contributed by atoms with Gasteiger partial charge in [-0.15, -0.1) is 0 Å². The van der Waals surface area contributed by atoms with Crippen LogP contribution in [0.3, 0.4) is 0 Å². The van der Waals surface area contributed by atoms with Crippen molar-refractivity contribution in [3.05, 3.63) is 0 Å². The molecule has 1 rings (SSSR count). The summed E-state index contributed by atoms with van der Waals surface area (Å²) >= 11 is 0. The van der Waals surface area contributed by atoms with Crippen LogP contribution in [0.4, 0.5) is 9.18 Å². The second-order valence-corrected chi connectivity index (χ2v) is 3.10. The van der Waals surface area contributed by atoms with Gasteiger partial charge in [0, 0.05) is 32.6 Å². The average Bonchev–Trinajstić information content (AvgIpc) is 2.36. The highest BCUT2D eigenvalue weighted by Crippen LogP contribution is 2.13. The van der Waals surface area contributed by atoms with Crippen molar-refractivity contribution in [3.8, 4) is 0 Å². The first kappa shape index (κ1) is 9.25. The molecule has 0 aliphatic carbocycles. The van der Waals surface area contributed by atoms with E-state index in [1.807, 2.05) is 0 Å². The van der Waals surface area contributed by atoms with Crippen molar-refractivity contribution in [1.29, 1.82) is 0 Å². The molecule has 0 radical (unpaired) electrons. The number of nitrogens with zero attached hydrogens (tertiary/aromatic N) is 1. The molecule has 0 aromatic rings. The zero-order valence-electron chi connectivity index (χ0n) is 6.96. The SMILES string of the molecule is CN(C[C@H]1CNC[C@H]1F)C(=O)O. The highest BCUT2D eigenvalue weighted by Gasteiger charge is 2.28. The minimum Gasteiger partial charge on any atom is -0.465 e. The molecule has 0 aromatic heterocycles. The molecule has 1 fully saturated rings. The maximum Gasteiger partial charge on any atom is 0.407 e. The van der Waals surface area contributed by atoms with Gasteiger partial charge in [-0.3, -0.25) is 0 Å². The van der Waals surface area contributed by atoms with Crippen molar-refractivity contribution in [1.82, 2.24) is 10.2 Å². The monoisotopic (exact) mass is 176 g/mol. The minimum atomic E-state index is -1.01. The van der Waals surface area contributed by atoms with Crippen molar-refractivity contribution in [3.63, 3.8) is 0 Å². The fourth-order valence-corrected chi connectivity index (χ4v) is 1.31. The zero-order chi connectivity index (χ0) is 9.14. The molecule has 1 saturated heterocycles. The second kappa shape index (κ2) is 3.71. The van der Waals surface area contributed by atoms with Crippen LogP contribution in [0, 0.1) is 5.92 Å². The molecule has 0 unspecified atom stereocenters. The number of hydrogen-bond donors (Lipinski definition) is 2. The Morgan fingerprint density at radius 3 is 2.83 bits per heavy atom. The summed E-state index contributed by atoms with van der Waals surface area (Å²) in [6.45, 7) is 1.18. The molecule has 2 atom stereocenters. The van der Waals surface area contributed by atoms with E-state index in [-0.39, 0.29) is 12.5 Å². The van der Waals surface area contributed by atoms with Gasteiger partial charge in [-0.05, 0) is 0 Å². The summed E-state index contributed by atoms with van der Waals surface area (Å²) in [7, 11) is 1.45. The first-order chi connectivity index (χ1) is 5.61. The summed E-state index contributed by atoms with van der Waals surface area (Å²) < 4.78 is 12.9. The molecule has 1 aliphatic heterocycles. The number of halogens is 1. The number of rotatable bonds is 2. The van der Waals surface area contributed by atoms with E-state index in [2.05, 4.69) is 5.32 Å². The molecular formula is C7H13FN2O2. The summed E-state index contributed by atoms with van der Waals surface area (Å²) in [5.41, 5.74) is 0. The predicted molar refractivity (Wildman–Crippen MR) is 41.9 cm³/mol. The third-order valence-corrected chi connectivity index (χ3v) is 2.09. The summed E-state index contributed by atoms with van der Waals surface area (Å²) in [4.78, 5) is 11.5. The largest absolute Gasteiger partial charge is 0.465 e. The third kappa shape index (κ3) is 2.07. The van der Waals surface area contributed by atoms with Crippen LogP contribution < -0.4 is 5.32 Å². The van der Waals surface area contributed by atoms with E-state index < -0.39 is 12.3 Å². The maximum atomic E-state index is 12.9. The van der Waals surface area contributed by atoms with E-state index >= 15 is 0 Å². The average molecular weight is 176 g/mol. The minimum absolute atomic E-state index is 0.189. The molecule has 0 aromatic carbocycles. The smallest absolute Gasteiger partial charge is 0.407 e. The Labute approximate surface area is 70.4 Å². The van der Waals surface area contributed by atoms with E-state index in [0.717, 1.165) is 4.90 Å². The van der Waals surface area contributed by atoms with Crippen molar-refractivity contribution >= 4 is 6.09 Å². The standard InChI is InChI=1S/C7H13FN2O2/c1-10(7(11)12)4-5-2-9-3-6(5)8/h5-6,9H,2-4H2,1H3,(H,11,12)/t5-,6-/m1/s1. The maximum absolute atomic E-state index is 12.9. The van der Waals surface area contributed by atoms with E-state index in [9.17, 15) is 9.18 Å². The number of alkyl halides is 1. The molecule has 1 amide bonds. The molecule has 12 heavy (non-hydrogen) atoms. The second-order valence-electron chi connectivity index (χ2n) is 3.10. The number of amides is 1. The van der Waals surface area contributed by atoms with Gasteiger partial charge in [0.25, 0.3) is 0 Å². The fraction of sp³-hybridized carbons (Fsp3) is 0.857. The van der Waals surface area contributed by atoms with Gasteiger partial charge in [-0.25, -0.2) is 9.18 Å². The van der Waals surface area contributed by atoms with E-state index in [0.29, 0.717) is 13.1 Å². The lowest BCUT2D eigenvalue weighted by atomic mass is 10.1. The van der Waals surface area contributed by atoms with Crippen molar-refractivity contribution in [2.75, 3.05) is 26.7 Å². The predicted octanol–water partition coefficient (Wildman–Crippen LogP) is 0.154. The van der Waals surface area contributed by atoms with Crippen LogP contribution in [0.15, 0.2) is 0 Å². The number of hydrogen-bond acceptors (Lipinski definition) is 2. The van der Waals surface area contributed by atoms with Gasteiger partial charge in [0.15, 0.2) is 0 Å². The Kier molecular flexibility index (Phi) is 2.86. The highest BCUT2D eigenvalue weighted by molar-refractivity contribution is 5.64. The Balaban J connectivity index is 2.35. The van der Waals surface area contributed by atoms with Crippen LogP contribution in [-0.2, 0) is 0 Å². The van der Waals surface area contributed by atoms with Gasteiger partial charge in [0.05, 0.1) is 0 Å². The first-order valence-electron chi connectivity index (χ1n) is 3.90. The topological polar surface area (TPSA) is 52.6 Å². The van der Waals surface area contributed by atoms with Gasteiger partial charge < -0.3 is 15.3 Å². The molecule has 4 nitrogen and oxygen atoms in total. The summed E-state index contributed by atoms with van der Waals surface area (Å²) in [6.07, 6.45) is -1.92. The molecule has 0 saturated carbocycles. The van der Waals surface area contributed by atoms with Crippen LogP contribution >= 0.6 is 0 Å². The van der Waals surface area contributed by atoms with Gasteiger partial charge in [0.2, 0.25) is 0 Å². The molecule has 1 heterocycles. The fourth-order valence-electron chi connectivity index (χ4n) is 1.31. The van der Waals surface area contributed by atoms with Crippen LogP contribution in [0.2, 0.25) is 0 Å². The van der Waals surface area contributed by atoms with E-state index in [1.54, 1.807) is 0 Å². The molecule has 1 aliphatic rings.